The molecule has 5 fully saturated rings. The number of alkyl carbamates (subject to hydrolysis) is 1. The van der Waals surface area contributed by atoms with E-state index in [4.69, 9.17) is 15.2 Å². The third-order valence-corrected chi connectivity index (χ3v) is 18.1. The number of carbonyl (C=O) groups excluding carboxylic acids is 8. The zero-order valence-corrected chi connectivity index (χ0v) is 46.8. The number of primary amides is 1. The number of ether oxygens (including phenoxy) is 2. The summed E-state index contributed by atoms with van der Waals surface area (Å²) in [5, 5.41) is 10.8. The van der Waals surface area contributed by atoms with Gasteiger partial charge in [0.15, 0.2) is 0 Å². The Morgan fingerprint density at radius 2 is 1.41 bits per heavy atom. The third kappa shape index (κ3) is 14.0. The van der Waals surface area contributed by atoms with Gasteiger partial charge < -0.3 is 46.3 Å². The minimum atomic E-state index is -1.29. The maximum atomic E-state index is 14.4. The number of esters is 1. The van der Waals surface area contributed by atoms with E-state index in [1.165, 1.54) is 60.8 Å². The number of allylic oxidation sites excluding steroid dienone is 1. The van der Waals surface area contributed by atoms with Crippen LogP contribution in [0.2, 0.25) is 0 Å². The van der Waals surface area contributed by atoms with Gasteiger partial charge in [0.05, 0.1) is 0 Å². The first-order chi connectivity index (χ1) is 34.7. The Kier molecular flexibility index (Phi) is 19.4. The minimum Gasteiger partial charge on any atom is -0.461 e. The van der Waals surface area contributed by atoms with Crippen molar-refractivity contribution < 1.29 is 47.8 Å². The molecule has 0 aromatic rings. The summed E-state index contributed by atoms with van der Waals surface area (Å²) >= 11 is 0. The first kappa shape index (κ1) is 58.6. The van der Waals surface area contributed by atoms with Gasteiger partial charge >= 0.3 is 12.1 Å². The number of hydrogen-bond acceptors (Lipinski definition) is 10. The van der Waals surface area contributed by atoms with Gasteiger partial charge in [-0.05, 0) is 163 Å². The monoisotopic (exact) mass is 1040 g/mol. The number of amides is 7. The first-order valence-corrected chi connectivity index (χ1v) is 28.4. The van der Waals surface area contributed by atoms with Gasteiger partial charge in [-0.25, -0.2) is 4.79 Å². The van der Waals surface area contributed by atoms with E-state index in [9.17, 15) is 38.4 Å². The van der Waals surface area contributed by atoms with E-state index < -0.39 is 83.3 Å². The van der Waals surface area contributed by atoms with Crippen LogP contribution in [0.4, 0.5) is 4.79 Å². The van der Waals surface area contributed by atoms with Gasteiger partial charge in [-0.15, -0.1) is 0 Å². The van der Waals surface area contributed by atoms with Crippen molar-refractivity contribution in [2.24, 2.45) is 58.0 Å². The van der Waals surface area contributed by atoms with Gasteiger partial charge in [0.25, 0.3) is 0 Å². The average Bonchev–Trinajstić information content (AvgIpc) is 4.09. The van der Waals surface area contributed by atoms with E-state index in [0.717, 1.165) is 42.9 Å². The Morgan fingerprint density at radius 1 is 0.743 bits per heavy atom. The molecule has 3 saturated carbocycles. The van der Waals surface area contributed by atoms with Gasteiger partial charge in [0.1, 0.15) is 48.5 Å². The van der Waals surface area contributed by atoms with Crippen molar-refractivity contribution in [2.45, 2.75) is 227 Å². The summed E-state index contributed by atoms with van der Waals surface area (Å²) in [6.45, 7) is 22.8. The maximum absolute atomic E-state index is 14.4. The molecule has 6 rings (SSSR count). The van der Waals surface area contributed by atoms with E-state index in [-0.39, 0.29) is 56.3 Å². The SMILES string of the molecule is CC(C)CC[C@@H](C)[C@H]1CC[C@H]2[C@@H]3CC=C4C[C@H](OC(=O)CNC(=O)[C@@H]5CCCN5C(=O)[C@H](CC(C)C)NC(=O)[C@H](CCC(N)=O)NC(=O)[C@@H]5CCCN5C(=O)[C@H](C)NC(=O)OC(C)(C)C)CC[C@]4(C)[C@H]3CC[C@]12C. The molecule has 0 radical (unpaired) electrons. The molecule has 2 aliphatic heterocycles. The fourth-order valence-corrected chi connectivity index (χ4v) is 14.4. The standard InChI is InChI=1S/C57H93N7O10/c1-33(2)16-17-35(5)40-20-21-41-39-19-18-37-31-38(24-26-56(37,10)42(39)25-27-57(40,41)11)73-48(66)32-59-50(68)45-14-12-29-64(45)53(71)44(30-34(3)4)62-49(67)43(22-23-47(58)65)61-51(69)46-15-13-28-63(46)52(70)36(6)60-54(72)74-55(7,8)9/h18,33-36,38-46H,12-17,19-32H2,1-11H3,(H2,58,65)(H,59,68)(H,60,72)(H,61,69)(H,62,67)/t35-,36+,38-,39+,40-,41+,42+,43+,44+,45+,46+,56+,57-/m1/s1. The van der Waals surface area contributed by atoms with E-state index >= 15 is 0 Å². The van der Waals surface area contributed by atoms with Crippen LogP contribution in [0, 0.1) is 52.3 Å². The highest BCUT2D eigenvalue weighted by Crippen LogP contribution is 2.67. The van der Waals surface area contributed by atoms with Crippen molar-refractivity contribution in [1.82, 2.24) is 31.1 Å². The number of fused-ring (bicyclic) bond motifs is 5. The summed E-state index contributed by atoms with van der Waals surface area (Å²) in [4.78, 5) is 110. The van der Waals surface area contributed by atoms with Crippen LogP contribution in [-0.2, 0) is 43.0 Å². The zero-order valence-electron chi connectivity index (χ0n) is 46.8. The second kappa shape index (κ2) is 24.5. The van der Waals surface area contributed by atoms with E-state index in [1.807, 2.05) is 13.8 Å². The number of nitrogens with two attached hydrogens (primary N) is 1. The fourth-order valence-electron chi connectivity index (χ4n) is 14.4. The lowest BCUT2D eigenvalue weighted by atomic mass is 9.47. The van der Waals surface area contributed by atoms with Crippen molar-refractivity contribution >= 4 is 47.5 Å². The average molecular weight is 1040 g/mol. The van der Waals surface area contributed by atoms with Crippen LogP contribution >= 0.6 is 0 Å². The molecule has 0 unspecified atom stereocenters. The lowest BCUT2D eigenvalue weighted by Crippen LogP contribution is -2.59. The lowest BCUT2D eigenvalue weighted by molar-refractivity contribution is -0.152. The van der Waals surface area contributed by atoms with Crippen LogP contribution in [0.3, 0.4) is 0 Å². The summed E-state index contributed by atoms with van der Waals surface area (Å²) in [6, 6.07) is -5.24. The van der Waals surface area contributed by atoms with Gasteiger partial charge in [0, 0.05) is 25.9 Å². The predicted molar refractivity (Wildman–Crippen MR) is 281 cm³/mol. The smallest absolute Gasteiger partial charge is 0.408 e. The number of nitrogens with zero attached hydrogens (tertiary/aromatic N) is 2. The van der Waals surface area contributed by atoms with Crippen molar-refractivity contribution in [2.75, 3.05) is 19.6 Å². The molecule has 0 spiro atoms. The van der Waals surface area contributed by atoms with Gasteiger partial charge in [-0.3, -0.25) is 33.6 Å². The summed E-state index contributed by atoms with van der Waals surface area (Å²) in [5.41, 5.74) is 6.63. The number of rotatable bonds is 20. The summed E-state index contributed by atoms with van der Waals surface area (Å²) < 4.78 is 11.3. The van der Waals surface area contributed by atoms with Gasteiger partial charge in [-0.2, -0.15) is 0 Å². The molecule has 17 heteroatoms. The predicted octanol–water partition coefficient (Wildman–Crippen LogP) is 6.84. The summed E-state index contributed by atoms with van der Waals surface area (Å²) in [6.07, 6.45) is 14.4. The molecule has 0 aromatic heterocycles. The molecule has 6 N–H and O–H groups in total. The largest absolute Gasteiger partial charge is 0.461 e. The molecule has 13 atom stereocenters. The van der Waals surface area contributed by atoms with Crippen LogP contribution in [0.25, 0.3) is 0 Å². The molecule has 416 valence electrons. The number of nitrogens with one attached hydrogen (secondary N) is 4. The Morgan fingerprint density at radius 3 is 2.04 bits per heavy atom. The van der Waals surface area contributed by atoms with Crippen molar-refractivity contribution in [3.05, 3.63) is 11.6 Å². The molecule has 7 amide bonds. The molecule has 74 heavy (non-hydrogen) atoms. The van der Waals surface area contributed by atoms with Crippen LogP contribution in [-0.4, -0.2) is 119 Å². The lowest BCUT2D eigenvalue weighted by Gasteiger charge is -2.58. The fraction of sp³-hybridized carbons (Fsp3) is 0.825. The molecular weight excluding hydrogens is 943 g/mol. The molecule has 2 saturated heterocycles. The topological polar surface area (TPSA) is 236 Å². The Labute approximate surface area is 441 Å². The van der Waals surface area contributed by atoms with Crippen molar-refractivity contribution in [1.29, 1.82) is 0 Å². The molecule has 17 nitrogen and oxygen atoms in total. The Hall–Kier alpha value is -4.70. The molecule has 0 bridgehead atoms. The highest BCUT2D eigenvalue weighted by atomic mass is 16.6. The number of hydrogen-bond donors (Lipinski definition) is 5. The number of likely N-dealkylation sites (tertiary alicyclic amines) is 2. The molecule has 6 aliphatic rings. The second-order valence-electron chi connectivity index (χ2n) is 25.5. The molecular formula is C57H93N7O10. The molecule has 4 aliphatic carbocycles. The third-order valence-electron chi connectivity index (χ3n) is 18.1. The highest BCUT2D eigenvalue weighted by Gasteiger charge is 2.59. The molecule has 2 heterocycles. The quantitative estimate of drug-likeness (QED) is 0.0629. The number of carbonyl (C=O) groups is 8. The highest BCUT2D eigenvalue weighted by molar-refractivity contribution is 5.97. The van der Waals surface area contributed by atoms with Crippen LogP contribution in [0.15, 0.2) is 11.6 Å². The van der Waals surface area contributed by atoms with E-state index in [0.29, 0.717) is 49.4 Å². The van der Waals surface area contributed by atoms with Crippen molar-refractivity contribution in [3.63, 3.8) is 0 Å². The van der Waals surface area contributed by atoms with Crippen molar-refractivity contribution in [3.8, 4) is 0 Å². The van der Waals surface area contributed by atoms with Crippen LogP contribution in [0.5, 0.6) is 0 Å². The first-order valence-electron chi connectivity index (χ1n) is 28.4. The van der Waals surface area contributed by atoms with Gasteiger partial charge in [-0.1, -0.05) is 73.0 Å². The normalized spacial score (nSPS) is 30.2. The Bertz CT molecular complexity index is 2100. The molecule has 0 aromatic carbocycles. The maximum Gasteiger partial charge on any atom is 0.408 e. The van der Waals surface area contributed by atoms with Crippen LogP contribution in [0.1, 0.15) is 185 Å². The Balaban J connectivity index is 1.02. The van der Waals surface area contributed by atoms with Gasteiger partial charge in [0.2, 0.25) is 35.4 Å². The van der Waals surface area contributed by atoms with E-state index in [2.05, 4.69) is 62.0 Å². The zero-order chi connectivity index (χ0) is 54.4. The summed E-state index contributed by atoms with van der Waals surface area (Å²) in [5.74, 6) is 0.318. The second-order valence-corrected chi connectivity index (χ2v) is 25.5. The van der Waals surface area contributed by atoms with E-state index in [1.54, 1.807) is 20.8 Å². The summed E-state index contributed by atoms with van der Waals surface area (Å²) in [7, 11) is 0. The minimum absolute atomic E-state index is 0.0722. The van der Waals surface area contributed by atoms with Crippen LogP contribution < -0.4 is 27.0 Å².